The summed E-state index contributed by atoms with van der Waals surface area (Å²) < 4.78 is 9.24. The van der Waals surface area contributed by atoms with Crippen LogP contribution in [0.2, 0.25) is 0 Å². The Morgan fingerprint density at radius 1 is 1.60 bits per heavy atom. The van der Waals surface area contributed by atoms with Crippen molar-refractivity contribution in [1.29, 1.82) is 0 Å². The smallest absolute Gasteiger partial charge is 0.343 e. The number of nitrogens with one attached hydrogen (secondary N) is 1. The average molecular weight is 313 g/mol. The molecule has 2 heterocycles. The molecule has 0 amide bonds. The van der Waals surface area contributed by atoms with Gasteiger partial charge in [0.05, 0.1) is 10.6 Å². The maximum atomic E-state index is 12.0. The topological polar surface area (TPSA) is 94.4 Å². The molecule has 0 aromatic carbocycles. The van der Waals surface area contributed by atoms with Crippen molar-refractivity contribution in [3.63, 3.8) is 0 Å². The zero-order chi connectivity index (χ0) is 14.7. The van der Waals surface area contributed by atoms with E-state index in [1.165, 1.54) is 17.6 Å². The third kappa shape index (κ3) is 2.94. The second kappa shape index (κ2) is 5.97. The van der Waals surface area contributed by atoms with E-state index in [9.17, 15) is 14.9 Å². The number of nitrogens with zero attached hydrogens (tertiary/aromatic N) is 2. The minimum absolute atomic E-state index is 0.00160. The SMILES string of the molecule is CNc1snc(C)c1C(=O)OCc1csc([N+](=O)[O-])c1. The molecule has 0 radical (unpaired) electrons. The lowest BCUT2D eigenvalue weighted by Crippen LogP contribution is -2.07. The summed E-state index contributed by atoms with van der Waals surface area (Å²) in [5.74, 6) is -0.491. The van der Waals surface area contributed by atoms with Gasteiger partial charge in [0.15, 0.2) is 0 Å². The first-order chi connectivity index (χ1) is 9.52. The van der Waals surface area contributed by atoms with E-state index in [2.05, 4.69) is 9.69 Å². The largest absolute Gasteiger partial charge is 0.457 e. The summed E-state index contributed by atoms with van der Waals surface area (Å²) >= 11 is 2.19. The second-order valence-electron chi connectivity index (χ2n) is 3.85. The molecular formula is C11H11N3O4S2. The van der Waals surface area contributed by atoms with E-state index < -0.39 is 10.9 Å². The fourth-order valence-corrected chi connectivity index (χ4v) is 2.98. The Bertz CT molecular complexity index is 650. The minimum Gasteiger partial charge on any atom is -0.457 e. The molecule has 0 aliphatic rings. The van der Waals surface area contributed by atoms with Crippen LogP contribution in [0.4, 0.5) is 10.0 Å². The van der Waals surface area contributed by atoms with Gasteiger partial charge in [-0.2, -0.15) is 4.37 Å². The van der Waals surface area contributed by atoms with Crippen LogP contribution in [0.15, 0.2) is 11.4 Å². The van der Waals surface area contributed by atoms with Gasteiger partial charge in [0, 0.05) is 24.1 Å². The number of thiophene rings is 1. The number of ether oxygens (including phenoxy) is 1. The van der Waals surface area contributed by atoms with Crippen molar-refractivity contribution >= 4 is 38.8 Å². The van der Waals surface area contributed by atoms with Gasteiger partial charge in [0.25, 0.3) is 0 Å². The maximum Gasteiger partial charge on any atom is 0.343 e. The van der Waals surface area contributed by atoms with E-state index in [1.54, 1.807) is 19.4 Å². The molecule has 1 N–H and O–H groups in total. The molecule has 0 aliphatic heterocycles. The van der Waals surface area contributed by atoms with E-state index in [1.807, 2.05) is 0 Å². The van der Waals surface area contributed by atoms with Crippen LogP contribution >= 0.6 is 22.9 Å². The molecule has 106 valence electrons. The summed E-state index contributed by atoms with van der Waals surface area (Å²) in [7, 11) is 1.70. The number of carbonyl (C=O) groups is 1. The predicted octanol–water partition coefficient (Wildman–Crippen LogP) is 2.82. The average Bonchev–Trinajstić information content (AvgIpc) is 3.02. The fourth-order valence-electron chi connectivity index (χ4n) is 1.54. The molecule has 0 fully saturated rings. The lowest BCUT2D eigenvalue weighted by molar-refractivity contribution is -0.380. The van der Waals surface area contributed by atoms with Crippen LogP contribution in [0, 0.1) is 17.0 Å². The summed E-state index contributed by atoms with van der Waals surface area (Å²) in [6, 6.07) is 1.40. The van der Waals surface area contributed by atoms with Crippen molar-refractivity contribution in [2.45, 2.75) is 13.5 Å². The molecule has 2 aromatic rings. The first kappa shape index (κ1) is 14.4. The Hall–Kier alpha value is -2.00. The third-order valence-electron chi connectivity index (χ3n) is 2.48. The van der Waals surface area contributed by atoms with Crippen molar-refractivity contribution in [3.05, 3.63) is 38.4 Å². The van der Waals surface area contributed by atoms with Crippen LogP contribution in [0.5, 0.6) is 0 Å². The summed E-state index contributed by atoms with van der Waals surface area (Å²) in [6.07, 6.45) is 0. The Kier molecular flexibility index (Phi) is 4.30. The molecule has 0 aliphatic carbocycles. The van der Waals surface area contributed by atoms with E-state index >= 15 is 0 Å². The van der Waals surface area contributed by atoms with Crippen molar-refractivity contribution in [2.24, 2.45) is 0 Å². The van der Waals surface area contributed by atoms with E-state index in [-0.39, 0.29) is 11.6 Å². The minimum atomic E-state index is -0.491. The van der Waals surface area contributed by atoms with Crippen molar-refractivity contribution < 1.29 is 14.5 Å². The van der Waals surface area contributed by atoms with Gasteiger partial charge in [-0.3, -0.25) is 10.1 Å². The first-order valence-corrected chi connectivity index (χ1v) is 7.21. The third-order valence-corrected chi connectivity index (χ3v) is 4.37. The molecule has 2 rings (SSSR count). The molecule has 2 aromatic heterocycles. The Labute approximate surface area is 122 Å². The van der Waals surface area contributed by atoms with E-state index in [0.717, 1.165) is 11.3 Å². The van der Waals surface area contributed by atoms with Crippen LogP contribution in [0.1, 0.15) is 21.6 Å². The highest BCUT2D eigenvalue weighted by Gasteiger charge is 2.19. The molecule has 0 saturated carbocycles. The highest BCUT2D eigenvalue weighted by atomic mass is 32.1. The number of rotatable bonds is 5. The standard InChI is InChI=1S/C11H11N3O4S2/c1-6-9(10(12-2)20-13-6)11(15)18-4-7-3-8(14(16)17)19-5-7/h3,5,12H,4H2,1-2H3. The summed E-state index contributed by atoms with van der Waals surface area (Å²) in [6.45, 7) is 1.73. The normalized spacial score (nSPS) is 10.3. The molecule has 0 atom stereocenters. The number of hydrogen-bond acceptors (Lipinski definition) is 8. The number of aryl methyl sites for hydroxylation is 1. The second-order valence-corrected chi connectivity index (χ2v) is 5.51. The lowest BCUT2D eigenvalue weighted by Gasteiger charge is -2.04. The van der Waals surface area contributed by atoms with Gasteiger partial charge in [0.1, 0.15) is 17.2 Å². The van der Waals surface area contributed by atoms with Crippen LogP contribution in [0.3, 0.4) is 0 Å². The number of hydrogen-bond donors (Lipinski definition) is 1. The molecule has 0 bridgehead atoms. The van der Waals surface area contributed by atoms with Crippen LogP contribution in [-0.4, -0.2) is 22.3 Å². The van der Waals surface area contributed by atoms with E-state index in [0.29, 0.717) is 21.8 Å². The molecule has 0 saturated heterocycles. The monoisotopic (exact) mass is 313 g/mol. The lowest BCUT2D eigenvalue weighted by atomic mass is 10.2. The van der Waals surface area contributed by atoms with Gasteiger partial charge in [-0.15, -0.1) is 0 Å². The Morgan fingerprint density at radius 2 is 2.35 bits per heavy atom. The summed E-state index contributed by atoms with van der Waals surface area (Å²) in [5, 5.41) is 15.7. The van der Waals surface area contributed by atoms with Gasteiger partial charge in [-0.05, 0) is 18.5 Å². The highest BCUT2D eigenvalue weighted by molar-refractivity contribution is 7.13. The van der Waals surface area contributed by atoms with E-state index in [4.69, 9.17) is 4.74 Å². The first-order valence-electron chi connectivity index (χ1n) is 5.56. The van der Waals surface area contributed by atoms with Crippen LogP contribution in [0.25, 0.3) is 0 Å². The van der Waals surface area contributed by atoms with Crippen molar-refractivity contribution in [2.75, 3.05) is 12.4 Å². The summed E-state index contributed by atoms with van der Waals surface area (Å²) in [4.78, 5) is 22.1. The van der Waals surface area contributed by atoms with Gasteiger partial charge >= 0.3 is 11.0 Å². The van der Waals surface area contributed by atoms with Crippen LogP contribution < -0.4 is 5.32 Å². The zero-order valence-corrected chi connectivity index (χ0v) is 12.3. The number of nitro groups is 1. The summed E-state index contributed by atoms with van der Waals surface area (Å²) in [5.41, 5.74) is 1.60. The highest BCUT2D eigenvalue weighted by Crippen LogP contribution is 2.26. The number of anilines is 1. The van der Waals surface area contributed by atoms with Gasteiger partial charge in [0.2, 0.25) is 0 Å². The fraction of sp³-hybridized carbons (Fsp3) is 0.273. The molecular weight excluding hydrogens is 302 g/mol. The van der Waals surface area contributed by atoms with Gasteiger partial charge in [-0.25, -0.2) is 4.79 Å². The molecule has 0 unspecified atom stereocenters. The number of aromatic nitrogens is 1. The molecule has 9 heteroatoms. The number of carbonyl (C=O) groups excluding carboxylic acids is 1. The van der Waals surface area contributed by atoms with Crippen molar-refractivity contribution in [1.82, 2.24) is 4.37 Å². The van der Waals surface area contributed by atoms with Crippen LogP contribution in [-0.2, 0) is 11.3 Å². The molecule has 7 nitrogen and oxygen atoms in total. The Balaban J connectivity index is 2.04. The maximum absolute atomic E-state index is 12.0. The molecule has 20 heavy (non-hydrogen) atoms. The predicted molar refractivity (Wildman–Crippen MR) is 76.5 cm³/mol. The quantitative estimate of drug-likeness (QED) is 0.518. The van der Waals surface area contributed by atoms with Gasteiger partial charge in [-0.1, -0.05) is 11.3 Å². The van der Waals surface area contributed by atoms with Crippen molar-refractivity contribution in [3.8, 4) is 0 Å². The number of esters is 1. The molecule has 0 spiro atoms. The Morgan fingerprint density at radius 3 is 2.95 bits per heavy atom. The zero-order valence-electron chi connectivity index (χ0n) is 10.7. The van der Waals surface area contributed by atoms with Gasteiger partial charge < -0.3 is 10.1 Å².